The van der Waals surface area contributed by atoms with E-state index in [2.05, 4.69) is 24.3 Å². The molecule has 0 heterocycles. The van der Waals surface area contributed by atoms with E-state index in [-0.39, 0.29) is 0 Å². The molecule has 0 saturated heterocycles. The lowest BCUT2D eigenvalue weighted by atomic mass is 9.98. The molecule has 0 aromatic heterocycles. The number of ether oxygens (including phenoxy) is 1. The molecule has 18 heavy (non-hydrogen) atoms. The first kappa shape index (κ1) is 11.5. The number of aryl methyl sites for hydroxylation is 1. The van der Waals surface area contributed by atoms with Crippen molar-refractivity contribution in [1.82, 2.24) is 0 Å². The van der Waals surface area contributed by atoms with Crippen molar-refractivity contribution in [2.75, 3.05) is 7.11 Å². The number of fused-ring (bicyclic) bond motifs is 1. The molecule has 0 radical (unpaired) electrons. The first-order valence-corrected chi connectivity index (χ1v) is 6.49. The molecular weight excluding hydrogens is 224 g/mol. The summed E-state index contributed by atoms with van der Waals surface area (Å²) in [5.41, 5.74) is 0.818. The number of aliphatic hydroxyl groups is 1. The smallest absolute Gasteiger partial charge is 0.122 e. The van der Waals surface area contributed by atoms with Crippen molar-refractivity contribution in [3.63, 3.8) is 0 Å². The van der Waals surface area contributed by atoms with E-state index >= 15 is 0 Å². The van der Waals surface area contributed by atoms with Crippen molar-refractivity contribution in [2.24, 2.45) is 0 Å². The second kappa shape index (κ2) is 4.29. The van der Waals surface area contributed by atoms with Crippen molar-refractivity contribution in [3.05, 3.63) is 42.0 Å². The van der Waals surface area contributed by atoms with E-state index in [1.807, 2.05) is 12.1 Å². The predicted octanol–water partition coefficient (Wildman–Crippen LogP) is 3.31. The maximum absolute atomic E-state index is 9.98. The van der Waals surface area contributed by atoms with E-state index in [1.165, 1.54) is 16.3 Å². The Labute approximate surface area is 107 Å². The molecule has 0 unspecified atom stereocenters. The van der Waals surface area contributed by atoms with E-state index in [0.717, 1.165) is 31.4 Å². The van der Waals surface area contributed by atoms with Crippen LogP contribution in [0.25, 0.3) is 10.8 Å². The van der Waals surface area contributed by atoms with E-state index in [0.29, 0.717) is 0 Å². The van der Waals surface area contributed by atoms with Crippen LogP contribution in [-0.4, -0.2) is 17.8 Å². The minimum absolute atomic E-state index is 0.401. The van der Waals surface area contributed by atoms with Gasteiger partial charge in [-0.1, -0.05) is 30.3 Å². The van der Waals surface area contributed by atoms with Gasteiger partial charge in [0, 0.05) is 5.56 Å². The van der Waals surface area contributed by atoms with Crippen molar-refractivity contribution in [3.8, 4) is 5.75 Å². The van der Waals surface area contributed by atoms with Gasteiger partial charge in [-0.25, -0.2) is 0 Å². The number of methoxy groups -OCH3 is 1. The maximum atomic E-state index is 9.98. The highest BCUT2D eigenvalue weighted by Crippen LogP contribution is 2.40. The Bertz CT molecular complexity index is 570. The third-order valence-corrected chi connectivity index (χ3v) is 3.89. The zero-order chi connectivity index (χ0) is 12.6. The molecule has 1 aliphatic rings. The van der Waals surface area contributed by atoms with Crippen LogP contribution < -0.4 is 4.74 Å². The zero-order valence-electron chi connectivity index (χ0n) is 10.6. The summed E-state index contributed by atoms with van der Waals surface area (Å²) in [6, 6.07) is 12.5. The van der Waals surface area contributed by atoms with Crippen LogP contribution in [0.4, 0.5) is 0 Å². The fourth-order valence-electron chi connectivity index (χ4n) is 2.52. The van der Waals surface area contributed by atoms with Crippen LogP contribution in [0, 0.1) is 0 Å². The van der Waals surface area contributed by atoms with Crippen molar-refractivity contribution < 1.29 is 9.84 Å². The topological polar surface area (TPSA) is 29.5 Å². The summed E-state index contributed by atoms with van der Waals surface area (Å²) in [7, 11) is 1.71. The molecule has 2 aromatic carbocycles. The van der Waals surface area contributed by atoms with Gasteiger partial charge in [-0.15, -0.1) is 0 Å². The van der Waals surface area contributed by atoms with E-state index in [9.17, 15) is 5.11 Å². The van der Waals surface area contributed by atoms with Crippen LogP contribution in [0.15, 0.2) is 36.4 Å². The molecule has 2 aromatic rings. The molecular formula is C16H18O2. The lowest BCUT2D eigenvalue weighted by molar-refractivity contribution is 0.140. The fraction of sp³-hybridized carbons (Fsp3) is 0.375. The van der Waals surface area contributed by atoms with Gasteiger partial charge < -0.3 is 9.84 Å². The molecule has 0 amide bonds. The zero-order valence-corrected chi connectivity index (χ0v) is 10.6. The molecule has 3 rings (SSSR count). The first-order chi connectivity index (χ1) is 8.72. The highest BCUT2D eigenvalue weighted by atomic mass is 16.5. The molecule has 0 atom stereocenters. The van der Waals surface area contributed by atoms with Crippen LogP contribution >= 0.6 is 0 Å². The lowest BCUT2D eigenvalue weighted by Gasteiger charge is -2.14. The summed E-state index contributed by atoms with van der Waals surface area (Å²) in [6.45, 7) is 0. The molecule has 0 bridgehead atoms. The quantitative estimate of drug-likeness (QED) is 0.891. The van der Waals surface area contributed by atoms with E-state index < -0.39 is 5.60 Å². The standard InChI is InChI=1S/C16H18O2/c1-18-15-7-6-12-4-2-3-5-13(12)14(15)8-9-16(17)10-11-16/h2-7,17H,8-11H2,1H3. The van der Waals surface area contributed by atoms with Gasteiger partial charge in [0.25, 0.3) is 0 Å². The minimum Gasteiger partial charge on any atom is -0.496 e. The third kappa shape index (κ3) is 2.08. The summed E-state index contributed by atoms with van der Waals surface area (Å²) >= 11 is 0. The predicted molar refractivity (Wildman–Crippen MR) is 73.0 cm³/mol. The Morgan fingerprint density at radius 2 is 1.94 bits per heavy atom. The number of benzene rings is 2. The van der Waals surface area contributed by atoms with Gasteiger partial charge in [0.05, 0.1) is 12.7 Å². The highest BCUT2D eigenvalue weighted by molar-refractivity contribution is 5.87. The van der Waals surface area contributed by atoms with Gasteiger partial charge in [-0.3, -0.25) is 0 Å². The van der Waals surface area contributed by atoms with Gasteiger partial charge in [-0.05, 0) is 42.5 Å². The van der Waals surface area contributed by atoms with Crippen molar-refractivity contribution >= 4 is 10.8 Å². The molecule has 1 saturated carbocycles. The van der Waals surface area contributed by atoms with Gasteiger partial charge in [-0.2, -0.15) is 0 Å². The van der Waals surface area contributed by atoms with Crippen LogP contribution in [0.2, 0.25) is 0 Å². The summed E-state index contributed by atoms with van der Waals surface area (Å²) < 4.78 is 5.46. The molecule has 1 fully saturated rings. The van der Waals surface area contributed by atoms with Crippen LogP contribution in [0.5, 0.6) is 5.75 Å². The summed E-state index contributed by atoms with van der Waals surface area (Å²) in [6.07, 6.45) is 3.60. The van der Waals surface area contributed by atoms with E-state index in [4.69, 9.17) is 4.74 Å². The Kier molecular flexibility index (Phi) is 2.75. The average molecular weight is 242 g/mol. The summed E-state index contributed by atoms with van der Waals surface area (Å²) in [5.74, 6) is 0.929. The van der Waals surface area contributed by atoms with Gasteiger partial charge in [0.1, 0.15) is 5.75 Å². The number of hydrogen-bond acceptors (Lipinski definition) is 2. The van der Waals surface area contributed by atoms with Gasteiger partial charge in [0.15, 0.2) is 0 Å². The van der Waals surface area contributed by atoms with Crippen LogP contribution in [-0.2, 0) is 6.42 Å². The summed E-state index contributed by atoms with van der Waals surface area (Å²) in [5, 5.41) is 12.5. The number of rotatable bonds is 4. The Balaban J connectivity index is 2.00. The Hall–Kier alpha value is -1.54. The molecule has 94 valence electrons. The monoisotopic (exact) mass is 242 g/mol. The van der Waals surface area contributed by atoms with Crippen LogP contribution in [0.1, 0.15) is 24.8 Å². The van der Waals surface area contributed by atoms with Gasteiger partial charge in [0.2, 0.25) is 0 Å². The fourth-order valence-corrected chi connectivity index (χ4v) is 2.52. The second-order valence-corrected chi connectivity index (χ2v) is 5.19. The van der Waals surface area contributed by atoms with Crippen molar-refractivity contribution in [1.29, 1.82) is 0 Å². The highest BCUT2D eigenvalue weighted by Gasteiger charge is 2.39. The summed E-state index contributed by atoms with van der Waals surface area (Å²) in [4.78, 5) is 0. The molecule has 1 aliphatic carbocycles. The molecule has 2 heteroatoms. The van der Waals surface area contributed by atoms with Crippen molar-refractivity contribution in [2.45, 2.75) is 31.3 Å². The SMILES string of the molecule is COc1ccc2ccccc2c1CCC1(O)CC1. The van der Waals surface area contributed by atoms with Gasteiger partial charge >= 0.3 is 0 Å². The van der Waals surface area contributed by atoms with Crippen LogP contribution in [0.3, 0.4) is 0 Å². The molecule has 0 aliphatic heterocycles. The molecule has 2 nitrogen and oxygen atoms in total. The largest absolute Gasteiger partial charge is 0.496 e. The Morgan fingerprint density at radius 3 is 2.67 bits per heavy atom. The normalized spacial score (nSPS) is 16.8. The maximum Gasteiger partial charge on any atom is 0.122 e. The third-order valence-electron chi connectivity index (χ3n) is 3.89. The average Bonchev–Trinajstić information content (AvgIpc) is 3.14. The minimum atomic E-state index is -0.401. The number of hydrogen-bond donors (Lipinski definition) is 1. The van der Waals surface area contributed by atoms with E-state index in [1.54, 1.807) is 7.11 Å². The second-order valence-electron chi connectivity index (χ2n) is 5.19. The molecule has 1 N–H and O–H groups in total. The Morgan fingerprint density at radius 1 is 1.17 bits per heavy atom. The molecule has 0 spiro atoms. The lowest BCUT2D eigenvalue weighted by Crippen LogP contribution is -2.08. The first-order valence-electron chi connectivity index (χ1n) is 6.49.